The molecule has 0 spiro atoms. The Morgan fingerprint density at radius 2 is 1.39 bits per heavy atom. The molecule has 0 radical (unpaired) electrons. The number of hydrogen-bond donors (Lipinski definition) is 0. The van der Waals surface area contributed by atoms with Gasteiger partial charge in [0, 0.05) is 11.2 Å². The zero-order valence-corrected chi connectivity index (χ0v) is 13.7. The highest BCUT2D eigenvalue weighted by Crippen LogP contribution is 2.27. The van der Waals surface area contributed by atoms with Crippen LogP contribution in [0.5, 0.6) is 0 Å². The molecule has 0 fully saturated rings. The summed E-state index contributed by atoms with van der Waals surface area (Å²) in [6.07, 6.45) is 11.6. The van der Waals surface area contributed by atoms with Crippen molar-refractivity contribution in [1.29, 1.82) is 0 Å². The molecule has 1 nitrogen and oxygen atoms in total. The van der Waals surface area contributed by atoms with Crippen LogP contribution in [-0.2, 0) is 4.79 Å². The molecule has 0 heterocycles. The Balaban J connectivity index is 3.33. The molecule has 0 aliphatic carbocycles. The van der Waals surface area contributed by atoms with Gasteiger partial charge in [-0.2, -0.15) is 0 Å². The van der Waals surface area contributed by atoms with E-state index in [0.29, 0.717) is 5.12 Å². The second kappa shape index (κ2) is 10.9. The van der Waals surface area contributed by atoms with Gasteiger partial charge >= 0.3 is 0 Å². The molecule has 0 aromatic carbocycles. The number of rotatable bonds is 11. The third-order valence-electron chi connectivity index (χ3n) is 3.67. The molecule has 0 atom stereocenters. The Hall–Kier alpha value is 0.0200. The SMILES string of the molecule is CCCCCCCCCCSC(=O)C(C)(C)CC. The molecule has 0 saturated carbocycles. The molecular formula is C16H32OS. The second-order valence-corrected chi connectivity index (χ2v) is 6.92. The summed E-state index contributed by atoms with van der Waals surface area (Å²) in [5.41, 5.74) is -0.134. The van der Waals surface area contributed by atoms with Crippen LogP contribution in [0.1, 0.15) is 85.5 Å². The van der Waals surface area contributed by atoms with Crippen LogP contribution in [0.3, 0.4) is 0 Å². The number of unbranched alkanes of at least 4 members (excludes halogenated alkanes) is 7. The van der Waals surface area contributed by atoms with Crippen molar-refractivity contribution in [1.82, 2.24) is 0 Å². The first-order chi connectivity index (χ1) is 8.54. The Kier molecular flexibility index (Phi) is 10.9. The van der Waals surface area contributed by atoms with Gasteiger partial charge in [0.25, 0.3) is 0 Å². The van der Waals surface area contributed by atoms with Gasteiger partial charge in [-0.15, -0.1) is 0 Å². The first-order valence-corrected chi connectivity index (χ1v) is 8.70. The summed E-state index contributed by atoms with van der Waals surface area (Å²) in [5, 5.41) is 0.368. The van der Waals surface area contributed by atoms with Crippen LogP contribution in [0.25, 0.3) is 0 Å². The van der Waals surface area contributed by atoms with Crippen LogP contribution in [0.15, 0.2) is 0 Å². The molecule has 0 unspecified atom stereocenters. The third kappa shape index (κ3) is 9.02. The average Bonchev–Trinajstić information content (AvgIpc) is 2.36. The molecule has 0 aromatic rings. The van der Waals surface area contributed by atoms with E-state index in [1.54, 1.807) is 11.8 Å². The van der Waals surface area contributed by atoms with Crippen molar-refractivity contribution in [2.75, 3.05) is 5.75 Å². The van der Waals surface area contributed by atoms with Crippen molar-refractivity contribution < 1.29 is 4.79 Å². The lowest BCUT2D eigenvalue weighted by atomic mass is 9.92. The lowest BCUT2D eigenvalue weighted by Gasteiger charge is -2.19. The summed E-state index contributed by atoms with van der Waals surface area (Å²) in [5.74, 6) is 1.01. The molecular weight excluding hydrogens is 240 g/mol. The van der Waals surface area contributed by atoms with Gasteiger partial charge in [0.2, 0.25) is 0 Å². The van der Waals surface area contributed by atoms with Crippen molar-refractivity contribution in [2.45, 2.75) is 85.5 Å². The fourth-order valence-corrected chi connectivity index (χ4v) is 2.81. The van der Waals surface area contributed by atoms with Crippen molar-refractivity contribution in [3.63, 3.8) is 0 Å². The van der Waals surface area contributed by atoms with Gasteiger partial charge in [-0.25, -0.2) is 0 Å². The predicted molar refractivity (Wildman–Crippen MR) is 84.1 cm³/mol. The maximum Gasteiger partial charge on any atom is 0.194 e. The zero-order valence-electron chi connectivity index (χ0n) is 12.9. The molecule has 0 bridgehead atoms. The fourth-order valence-electron chi connectivity index (χ4n) is 1.74. The van der Waals surface area contributed by atoms with E-state index >= 15 is 0 Å². The van der Waals surface area contributed by atoms with Crippen LogP contribution in [0.4, 0.5) is 0 Å². The molecule has 18 heavy (non-hydrogen) atoms. The maximum atomic E-state index is 11.9. The predicted octanol–water partition coefficient (Wildman–Crippen LogP) is 5.82. The van der Waals surface area contributed by atoms with Crippen molar-refractivity contribution in [3.05, 3.63) is 0 Å². The Labute approximate surface area is 118 Å². The summed E-state index contributed by atoms with van der Waals surface area (Å²) >= 11 is 1.54. The van der Waals surface area contributed by atoms with E-state index < -0.39 is 0 Å². The molecule has 108 valence electrons. The standard InChI is InChI=1S/C16H32OS/c1-5-7-8-9-10-11-12-13-14-18-15(17)16(3,4)6-2/h5-14H2,1-4H3. The molecule has 0 amide bonds. The Morgan fingerprint density at radius 3 is 1.89 bits per heavy atom. The van der Waals surface area contributed by atoms with E-state index in [4.69, 9.17) is 0 Å². The first-order valence-electron chi connectivity index (χ1n) is 7.71. The van der Waals surface area contributed by atoms with Gasteiger partial charge in [0.05, 0.1) is 0 Å². The summed E-state index contributed by atoms with van der Waals surface area (Å²) in [4.78, 5) is 11.9. The monoisotopic (exact) mass is 272 g/mol. The molecule has 0 rings (SSSR count). The third-order valence-corrected chi connectivity index (χ3v) is 4.98. The smallest absolute Gasteiger partial charge is 0.194 e. The summed E-state index contributed by atoms with van der Waals surface area (Å²) in [7, 11) is 0. The van der Waals surface area contributed by atoms with E-state index in [-0.39, 0.29) is 5.41 Å². The number of carbonyl (C=O) groups is 1. The van der Waals surface area contributed by atoms with Crippen molar-refractivity contribution >= 4 is 16.9 Å². The molecule has 0 aromatic heterocycles. The largest absolute Gasteiger partial charge is 0.287 e. The van der Waals surface area contributed by atoms with E-state index in [1.807, 2.05) is 0 Å². The van der Waals surface area contributed by atoms with Crippen LogP contribution < -0.4 is 0 Å². The molecule has 0 saturated heterocycles. The number of thioether (sulfide) groups is 1. The second-order valence-electron chi connectivity index (χ2n) is 5.85. The first kappa shape index (κ1) is 18.0. The van der Waals surface area contributed by atoms with Crippen LogP contribution in [-0.4, -0.2) is 10.9 Å². The molecule has 0 aliphatic heterocycles. The van der Waals surface area contributed by atoms with Gasteiger partial charge in [-0.3, -0.25) is 4.79 Å². The van der Waals surface area contributed by atoms with Gasteiger partial charge in [0.15, 0.2) is 5.12 Å². The minimum Gasteiger partial charge on any atom is -0.287 e. The Morgan fingerprint density at radius 1 is 0.889 bits per heavy atom. The van der Waals surface area contributed by atoms with Crippen molar-refractivity contribution in [3.8, 4) is 0 Å². The molecule has 0 aliphatic rings. The van der Waals surface area contributed by atoms with Gasteiger partial charge in [-0.1, -0.05) is 84.4 Å². The highest BCUT2D eigenvalue weighted by molar-refractivity contribution is 8.13. The quantitative estimate of drug-likeness (QED) is 0.441. The highest BCUT2D eigenvalue weighted by Gasteiger charge is 2.24. The Bertz CT molecular complexity index is 211. The van der Waals surface area contributed by atoms with Crippen LogP contribution in [0, 0.1) is 5.41 Å². The lowest BCUT2D eigenvalue weighted by Crippen LogP contribution is -2.20. The van der Waals surface area contributed by atoms with Crippen LogP contribution >= 0.6 is 11.8 Å². The minimum absolute atomic E-state index is 0.134. The van der Waals surface area contributed by atoms with E-state index in [1.165, 1.54) is 51.4 Å². The average molecular weight is 272 g/mol. The van der Waals surface area contributed by atoms with Gasteiger partial charge < -0.3 is 0 Å². The zero-order chi connectivity index (χ0) is 13.9. The van der Waals surface area contributed by atoms with Gasteiger partial charge in [0.1, 0.15) is 0 Å². The topological polar surface area (TPSA) is 17.1 Å². The van der Waals surface area contributed by atoms with Gasteiger partial charge in [-0.05, 0) is 12.8 Å². The fraction of sp³-hybridized carbons (Fsp3) is 0.938. The summed E-state index contributed by atoms with van der Waals surface area (Å²) in [6.45, 7) is 8.45. The van der Waals surface area contributed by atoms with Crippen molar-refractivity contribution in [2.24, 2.45) is 5.41 Å². The normalized spacial score (nSPS) is 11.8. The van der Waals surface area contributed by atoms with Crippen LogP contribution in [0.2, 0.25) is 0 Å². The van der Waals surface area contributed by atoms with E-state index in [9.17, 15) is 4.79 Å². The lowest BCUT2D eigenvalue weighted by molar-refractivity contribution is -0.118. The van der Waals surface area contributed by atoms with E-state index in [0.717, 1.165) is 12.2 Å². The molecule has 2 heteroatoms. The summed E-state index contributed by atoms with van der Waals surface area (Å²) in [6, 6.07) is 0. The number of carbonyl (C=O) groups excluding carboxylic acids is 1. The maximum absolute atomic E-state index is 11.9. The van der Waals surface area contributed by atoms with E-state index in [2.05, 4.69) is 27.7 Å². The number of hydrogen-bond acceptors (Lipinski definition) is 2. The molecule has 0 N–H and O–H groups in total. The highest BCUT2D eigenvalue weighted by atomic mass is 32.2. The minimum atomic E-state index is -0.134. The summed E-state index contributed by atoms with van der Waals surface area (Å²) < 4.78 is 0.